The van der Waals surface area contributed by atoms with Gasteiger partial charge in [-0.25, -0.2) is 0 Å². The fourth-order valence-electron chi connectivity index (χ4n) is 7.03. The topological polar surface area (TPSA) is 8.17 Å². The van der Waals surface area contributed by atoms with Gasteiger partial charge in [-0.05, 0) is 58.3 Å². The van der Waals surface area contributed by atoms with E-state index in [1.807, 2.05) is 0 Å². The van der Waals surface area contributed by atoms with Gasteiger partial charge >= 0.3 is 0 Å². The van der Waals surface area contributed by atoms with Gasteiger partial charge in [-0.15, -0.1) is 0 Å². The molecule has 0 radical (unpaired) electrons. The summed E-state index contributed by atoms with van der Waals surface area (Å²) in [6, 6.07) is 53.2. The first-order valence-corrected chi connectivity index (χ1v) is 14.3. The molecule has 8 aromatic rings. The molecule has 1 aliphatic heterocycles. The predicted octanol–water partition coefficient (Wildman–Crippen LogP) is 10.5. The van der Waals surface area contributed by atoms with Crippen molar-refractivity contribution in [3.05, 3.63) is 157 Å². The van der Waals surface area contributed by atoms with Crippen molar-refractivity contribution >= 4 is 60.4 Å². The SMILES string of the molecule is c1ccc2c(c1)Cc1c(ccc3c1c1ccccc1n3-c1cccc3ccccc13)N2c1cccc2ccccc12. The normalized spacial score (nSPS) is 12.7. The molecule has 1 aliphatic rings. The summed E-state index contributed by atoms with van der Waals surface area (Å²) in [4.78, 5) is 2.49. The molecule has 41 heavy (non-hydrogen) atoms. The second-order valence-electron chi connectivity index (χ2n) is 10.9. The molecule has 7 aromatic carbocycles. The summed E-state index contributed by atoms with van der Waals surface area (Å²) >= 11 is 0. The Kier molecular flexibility index (Phi) is 4.70. The molecule has 0 atom stereocenters. The van der Waals surface area contributed by atoms with Crippen molar-refractivity contribution in [2.45, 2.75) is 6.42 Å². The van der Waals surface area contributed by atoms with Crippen LogP contribution in [0.5, 0.6) is 0 Å². The van der Waals surface area contributed by atoms with Crippen LogP contribution in [0.2, 0.25) is 0 Å². The van der Waals surface area contributed by atoms with Gasteiger partial charge in [0.25, 0.3) is 0 Å². The minimum absolute atomic E-state index is 0.896. The van der Waals surface area contributed by atoms with Crippen molar-refractivity contribution in [1.29, 1.82) is 0 Å². The van der Waals surface area contributed by atoms with E-state index in [0.29, 0.717) is 0 Å². The van der Waals surface area contributed by atoms with E-state index in [-0.39, 0.29) is 0 Å². The van der Waals surface area contributed by atoms with Gasteiger partial charge < -0.3 is 9.47 Å². The zero-order valence-corrected chi connectivity index (χ0v) is 22.5. The van der Waals surface area contributed by atoms with Gasteiger partial charge in [-0.1, -0.05) is 109 Å². The number of hydrogen-bond donors (Lipinski definition) is 0. The Morgan fingerprint density at radius 2 is 0.976 bits per heavy atom. The Hall–Kier alpha value is -5.34. The van der Waals surface area contributed by atoms with E-state index >= 15 is 0 Å². The van der Waals surface area contributed by atoms with Gasteiger partial charge in [0.2, 0.25) is 0 Å². The molecule has 0 saturated carbocycles. The van der Waals surface area contributed by atoms with Crippen LogP contribution in [0, 0.1) is 0 Å². The highest BCUT2D eigenvalue weighted by Crippen LogP contribution is 2.49. The number of fused-ring (bicyclic) bond motifs is 8. The van der Waals surface area contributed by atoms with Crippen molar-refractivity contribution in [3.63, 3.8) is 0 Å². The van der Waals surface area contributed by atoms with E-state index in [1.165, 1.54) is 77.2 Å². The third kappa shape index (κ3) is 3.19. The molecular formula is C39H26N2. The van der Waals surface area contributed by atoms with Crippen LogP contribution in [0.3, 0.4) is 0 Å². The van der Waals surface area contributed by atoms with Crippen LogP contribution in [-0.4, -0.2) is 4.57 Å². The average molecular weight is 523 g/mol. The molecule has 1 aromatic heterocycles. The number of nitrogens with zero attached hydrogens (tertiary/aromatic N) is 2. The fraction of sp³-hybridized carbons (Fsp3) is 0.0256. The third-order valence-electron chi connectivity index (χ3n) is 8.78. The Morgan fingerprint density at radius 3 is 1.78 bits per heavy atom. The van der Waals surface area contributed by atoms with E-state index in [2.05, 4.69) is 155 Å². The molecule has 0 spiro atoms. The molecule has 0 unspecified atom stereocenters. The minimum atomic E-state index is 0.896. The van der Waals surface area contributed by atoms with Crippen molar-refractivity contribution in [2.24, 2.45) is 0 Å². The first kappa shape index (κ1) is 22.5. The van der Waals surface area contributed by atoms with Gasteiger partial charge in [0.15, 0.2) is 0 Å². The smallest absolute Gasteiger partial charge is 0.0545 e. The lowest BCUT2D eigenvalue weighted by atomic mass is 9.91. The highest BCUT2D eigenvalue weighted by Gasteiger charge is 2.28. The first-order valence-electron chi connectivity index (χ1n) is 14.3. The van der Waals surface area contributed by atoms with Crippen LogP contribution < -0.4 is 4.90 Å². The van der Waals surface area contributed by atoms with E-state index in [0.717, 1.165) is 6.42 Å². The lowest BCUT2D eigenvalue weighted by Crippen LogP contribution is -2.19. The maximum Gasteiger partial charge on any atom is 0.0545 e. The molecule has 2 heteroatoms. The van der Waals surface area contributed by atoms with Crippen LogP contribution in [0.1, 0.15) is 11.1 Å². The summed E-state index contributed by atoms with van der Waals surface area (Å²) in [6.07, 6.45) is 0.896. The monoisotopic (exact) mass is 522 g/mol. The molecule has 0 bridgehead atoms. The van der Waals surface area contributed by atoms with E-state index in [9.17, 15) is 0 Å². The number of para-hydroxylation sites is 2. The van der Waals surface area contributed by atoms with Crippen molar-refractivity contribution < 1.29 is 0 Å². The second kappa shape index (κ2) is 8.58. The summed E-state index contributed by atoms with van der Waals surface area (Å²) in [5.74, 6) is 0. The summed E-state index contributed by atoms with van der Waals surface area (Å²) in [5.41, 5.74) is 10.2. The Balaban J connectivity index is 1.40. The summed E-state index contributed by atoms with van der Waals surface area (Å²) in [7, 11) is 0. The van der Waals surface area contributed by atoms with Crippen molar-refractivity contribution in [3.8, 4) is 5.69 Å². The summed E-state index contributed by atoms with van der Waals surface area (Å²) in [6.45, 7) is 0. The van der Waals surface area contributed by atoms with Crippen molar-refractivity contribution in [1.82, 2.24) is 4.57 Å². The average Bonchev–Trinajstić information content (AvgIpc) is 3.38. The fourth-order valence-corrected chi connectivity index (χ4v) is 7.03. The lowest BCUT2D eigenvalue weighted by molar-refractivity contribution is 1.10. The highest BCUT2D eigenvalue weighted by atomic mass is 15.2. The molecule has 9 rings (SSSR count). The molecule has 2 heterocycles. The second-order valence-corrected chi connectivity index (χ2v) is 10.9. The quantitative estimate of drug-likeness (QED) is 0.219. The van der Waals surface area contributed by atoms with Crippen molar-refractivity contribution in [2.75, 3.05) is 4.90 Å². The van der Waals surface area contributed by atoms with E-state index in [1.54, 1.807) is 0 Å². The molecule has 0 fully saturated rings. The molecular weight excluding hydrogens is 496 g/mol. The van der Waals surface area contributed by atoms with Gasteiger partial charge in [-0.3, -0.25) is 0 Å². The largest absolute Gasteiger partial charge is 0.309 e. The first-order chi connectivity index (χ1) is 20.4. The molecule has 0 aliphatic carbocycles. The number of benzene rings is 7. The van der Waals surface area contributed by atoms with Gasteiger partial charge in [-0.2, -0.15) is 0 Å². The molecule has 0 saturated heterocycles. The Morgan fingerprint density at radius 1 is 0.390 bits per heavy atom. The predicted molar refractivity (Wildman–Crippen MR) is 173 cm³/mol. The van der Waals surface area contributed by atoms with Crippen LogP contribution in [0.15, 0.2) is 146 Å². The lowest BCUT2D eigenvalue weighted by Gasteiger charge is -2.34. The molecule has 2 nitrogen and oxygen atoms in total. The minimum Gasteiger partial charge on any atom is -0.309 e. The molecule has 0 amide bonds. The van der Waals surface area contributed by atoms with Crippen LogP contribution in [-0.2, 0) is 6.42 Å². The Labute approximate surface area is 238 Å². The van der Waals surface area contributed by atoms with Crippen LogP contribution in [0.4, 0.5) is 17.1 Å². The maximum atomic E-state index is 2.49. The van der Waals surface area contributed by atoms with Gasteiger partial charge in [0.1, 0.15) is 0 Å². The zero-order chi connectivity index (χ0) is 26.9. The third-order valence-corrected chi connectivity index (χ3v) is 8.78. The number of aromatic nitrogens is 1. The summed E-state index contributed by atoms with van der Waals surface area (Å²) < 4.78 is 2.47. The highest BCUT2D eigenvalue weighted by molar-refractivity contribution is 6.15. The van der Waals surface area contributed by atoms with E-state index in [4.69, 9.17) is 0 Å². The van der Waals surface area contributed by atoms with E-state index < -0.39 is 0 Å². The molecule has 192 valence electrons. The van der Waals surface area contributed by atoms with Crippen LogP contribution >= 0.6 is 0 Å². The molecule has 0 N–H and O–H groups in total. The number of rotatable bonds is 2. The van der Waals surface area contributed by atoms with Crippen LogP contribution in [0.25, 0.3) is 49.0 Å². The standard InChI is InChI=1S/C39H26N2/c1-4-16-29-26(11-1)14-9-21-34(29)40-33-19-7-3-13-28(33)25-32-37(40)23-24-38-39(32)31-18-6-8-20-36(31)41(38)35-22-10-15-27-12-2-5-17-30(27)35/h1-24H,25H2. The number of anilines is 3. The maximum absolute atomic E-state index is 2.49. The summed E-state index contributed by atoms with van der Waals surface area (Å²) in [5, 5.41) is 7.66. The Bertz CT molecular complexity index is 2300. The number of hydrogen-bond acceptors (Lipinski definition) is 1. The zero-order valence-electron chi connectivity index (χ0n) is 22.5. The van der Waals surface area contributed by atoms with Gasteiger partial charge in [0, 0.05) is 33.7 Å². The van der Waals surface area contributed by atoms with Gasteiger partial charge in [0.05, 0.1) is 28.1 Å².